The number of thiazole rings is 1. The molecule has 118 valence electrons. The Bertz CT molecular complexity index is 823. The lowest BCUT2D eigenvalue weighted by molar-refractivity contribution is -0.115. The molecule has 1 N–H and O–H groups in total. The maximum Gasteiger partial charge on any atom is 0.230 e. The minimum Gasteiger partial charge on any atom is -0.497 e. The van der Waals surface area contributed by atoms with E-state index in [1.807, 2.05) is 24.3 Å². The highest BCUT2D eigenvalue weighted by atomic mass is 35.5. The van der Waals surface area contributed by atoms with Crippen LogP contribution in [-0.2, 0) is 11.2 Å². The van der Waals surface area contributed by atoms with Crippen molar-refractivity contribution < 1.29 is 9.53 Å². The van der Waals surface area contributed by atoms with Crippen LogP contribution in [0.4, 0.5) is 5.13 Å². The summed E-state index contributed by atoms with van der Waals surface area (Å²) >= 11 is 13.5. The van der Waals surface area contributed by atoms with Crippen molar-refractivity contribution in [1.82, 2.24) is 4.98 Å². The molecule has 23 heavy (non-hydrogen) atoms. The summed E-state index contributed by atoms with van der Waals surface area (Å²) in [7, 11) is 1.60. The molecule has 0 saturated heterocycles. The number of carbonyl (C=O) groups excluding carboxylic acids is 1. The summed E-state index contributed by atoms with van der Waals surface area (Å²) in [5.41, 5.74) is 1.49. The van der Waals surface area contributed by atoms with Crippen LogP contribution in [0.1, 0.15) is 5.56 Å². The average Bonchev–Trinajstić information content (AvgIpc) is 2.96. The van der Waals surface area contributed by atoms with Crippen LogP contribution in [0, 0.1) is 0 Å². The molecule has 4 nitrogen and oxygen atoms in total. The molecule has 0 atom stereocenters. The molecule has 0 unspecified atom stereocenters. The predicted molar refractivity (Wildman–Crippen MR) is 95.0 cm³/mol. The number of nitrogens with one attached hydrogen (secondary N) is 1. The number of ether oxygens (including phenoxy) is 1. The van der Waals surface area contributed by atoms with Crippen LogP contribution in [0.2, 0.25) is 10.0 Å². The van der Waals surface area contributed by atoms with Crippen LogP contribution < -0.4 is 10.1 Å². The van der Waals surface area contributed by atoms with Gasteiger partial charge in [-0.3, -0.25) is 4.79 Å². The first-order valence-electron chi connectivity index (χ1n) is 6.74. The van der Waals surface area contributed by atoms with Gasteiger partial charge in [0.1, 0.15) is 11.3 Å². The smallest absolute Gasteiger partial charge is 0.230 e. The Morgan fingerprint density at radius 2 is 1.87 bits per heavy atom. The Kier molecular flexibility index (Phi) is 4.71. The van der Waals surface area contributed by atoms with Gasteiger partial charge in [0.05, 0.1) is 28.3 Å². The molecular formula is C16H12Cl2N2O2S. The molecule has 0 aliphatic carbocycles. The number of anilines is 1. The third-order valence-electron chi connectivity index (χ3n) is 3.22. The highest BCUT2D eigenvalue weighted by molar-refractivity contribution is 7.23. The number of aromatic nitrogens is 1. The van der Waals surface area contributed by atoms with Gasteiger partial charge in [0.2, 0.25) is 5.91 Å². The number of hydrogen-bond acceptors (Lipinski definition) is 4. The number of carbonyl (C=O) groups is 1. The second-order valence-electron chi connectivity index (χ2n) is 4.80. The van der Waals surface area contributed by atoms with E-state index in [9.17, 15) is 4.79 Å². The molecule has 1 amide bonds. The Morgan fingerprint density at radius 3 is 2.52 bits per heavy atom. The summed E-state index contributed by atoms with van der Waals surface area (Å²) in [4.78, 5) is 16.5. The number of fused-ring (bicyclic) bond motifs is 1. The van der Waals surface area contributed by atoms with Gasteiger partial charge in [0.25, 0.3) is 0 Å². The zero-order chi connectivity index (χ0) is 16.4. The number of amides is 1. The molecule has 0 radical (unpaired) electrons. The Balaban J connectivity index is 1.74. The summed E-state index contributed by atoms with van der Waals surface area (Å²) in [5, 5.41) is 4.34. The van der Waals surface area contributed by atoms with Gasteiger partial charge in [-0.2, -0.15) is 0 Å². The third-order valence-corrected chi connectivity index (χ3v) is 4.95. The topological polar surface area (TPSA) is 51.2 Å². The monoisotopic (exact) mass is 366 g/mol. The maximum absolute atomic E-state index is 12.1. The van der Waals surface area contributed by atoms with Crippen molar-refractivity contribution in [2.75, 3.05) is 12.4 Å². The van der Waals surface area contributed by atoms with Gasteiger partial charge >= 0.3 is 0 Å². The molecule has 3 rings (SSSR count). The van der Waals surface area contributed by atoms with Crippen molar-refractivity contribution >= 4 is 55.8 Å². The van der Waals surface area contributed by atoms with E-state index >= 15 is 0 Å². The van der Waals surface area contributed by atoms with Gasteiger partial charge in [-0.25, -0.2) is 4.98 Å². The Morgan fingerprint density at radius 1 is 1.17 bits per heavy atom. The molecular weight excluding hydrogens is 355 g/mol. The quantitative estimate of drug-likeness (QED) is 0.721. The first-order valence-corrected chi connectivity index (χ1v) is 8.31. The van der Waals surface area contributed by atoms with Crippen LogP contribution in [0.15, 0.2) is 36.4 Å². The van der Waals surface area contributed by atoms with Gasteiger partial charge in [0.15, 0.2) is 5.13 Å². The fraction of sp³-hybridized carbons (Fsp3) is 0.125. The summed E-state index contributed by atoms with van der Waals surface area (Å²) < 4.78 is 5.85. The standard InChI is InChI=1S/C16H12Cl2N2O2S/c1-22-10-4-2-9(3-5-10)8-13(21)19-16-20-14-11(17)6-7-12(18)15(14)23-16/h2-7H,8H2,1H3,(H,19,20,21). The van der Waals surface area contributed by atoms with Crippen molar-refractivity contribution in [2.45, 2.75) is 6.42 Å². The van der Waals surface area contributed by atoms with Gasteiger partial charge < -0.3 is 10.1 Å². The number of hydrogen-bond donors (Lipinski definition) is 1. The zero-order valence-electron chi connectivity index (χ0n) is 12.1. The predicted octanol–water partition coefficient (Wildman–Crippen LogP) is 4.79. The van der Waals surface area contributed by atoms with Crippen LogP contribution in [0.5, 0.6) is 5.75 Å². The normalized spacial score (nSPS) is 10.7. The highest BCUT2D eigenvalue weighted by Gasteiger charge is 2.13. The van der Waals surface area contributed by atoms with E-state index in [2.05, 4.69) is 10.3 Å². The highest BCUT2D eigenvalue weighted by Crippen LogP contribution is 2.36. The van der Waals surface area contributed by atoms with Crippen molar-refractivity contribution in [3.05, 3.63) is 52.0 Å². The second kappa shape index (κ2) is 6.74. The summed E-state index contributed by atoms with van der Waals surface area (Å²) in [5.74, 6) is 0.603. The lowest BCUT2D eigenvalue weighted by atomic mass is 10.1. The van der Waals surface area contributed by atoms with Crippen LogP contribution in [0.3, 0.4) is 0 Å². The van der Waals surface area contributed by atoms with Crippen molar-refractivity contribution in [3.8, 4) is 5.75 Å². The molecule has 0 spiro atoms. The van der Waals surface area contributed by atoms with Crippen LogP contribution >= 0.6 is 34.5 Å². The van der Waals surface area contributed by atoms with Gasteiger partial charge in [-0.05, 0) is 29.8 Å². The Labute approximate surface area is 147 Å². The minimum absolute atomic E-state index is 0.151. The van der Waals surface area contributed by atoms with Crippen molar-refractivity contribution in [3.63, 3.8) is 0 Å². The van der Waals surface area contributed by atoms with Crippen molar-refractivity contribution in [1.29, 1.82) is 0 Å². The number of nitrogens with zero attached hydrogens (tertiary/aromatic N) is 1. The molecule has 0 saturated carbocycles. The number of methoxy groups -OCH3 is 1. The first kappa shape index (κ1) is 16.1. The molecule has 2 aromatic carbocycles. The largest absolute Gasteiger partial charge is 0.497 e. The molecule has 7 heteroatoms. The molecule has 1 heterocycles. The SMILES string of the molecule is COc1ccc(CC(=O)Nc2nc3c(Cl)ccc(Cl)c3s2)cc1. The lowest BCUT2D eigenvalue weighted by Gasteiger charge is -2.03. The van der Waals surface area contributed by atoms with E-state index in [1.165, 1.54) is 11.3 Å². The van der Waals surface area contributed by atoms with Gasteiger partial charge in [0, 0.05) is 0 Å². The van der Waals surface area contributed by atoms with Crippen LogP contribution in [0.25, 0.3) is 10.2 Å². The minimum atomic E-state index is -0.151. The van der Waals surface area contributed by atoms with Crippen LogP contribution in [-0.4, -0.2) is 18.0 Å². The number of rotatable bonds is 4. The van der Waals surface area contributed by atoms with Gasteiger partial charge in [-0.15, -0.1) is 0 Å². The summed E-state index contributed by atoms with van der Waals surface area (Å²) in [6, 6.07) is 10.7. The first-order chi connectivity index (χ1) is 11.1. The average molecular weight is 367 g/mol. The summed E-state index contributed by atoms with van der Waals surface area (Å²) in [6.07, 6.45) is 0.251. The fourth-order valence-electron chi connectivity index (χ4n) is 2.09. The second-order valence-corrected chi connectivity index (χ2v) is 6.61. The van der Waals surface area contributed by atoms with E-state index in [0.29, 0.717) is 20.7 Å². The third kappa shape index (κ3) is 3.58. The number of halogens is 2. The molecule has 0 aliphatic rings. The molecule has 1 aromatic heterocycles. The molecule has 0 bridgehead atoms. The molecule has 0 aliphatic heterocycles. The zero-order valence-corrected chi connectivity index (χ0v) is 14.4. The molecule has 0 fully saturated rings. The molecule has 3 aromatic rings. The van der Waals surface area contributed by atoms with E-state index < -0.39 is 0 Å². The van der Waals surface area contributed by atoms with Crippen molar-refractivity contribution in [2.24, 2.45) is 0 Å². The lowest BCUT2D eigenvalue weighted by Crippen LogP contribution is -2.14. The summed E-state index contributed by atoms with van der Waals surface area (Å²) in [6.45, 7) is 0. The van der Waals surface area contributed by atoms with E-state index in [4.69, 9.17) is 27.9 Å². The number of benzene rings is 2. The van der Waals surface area contributed by atoms with Gasteiger partial charge in [-0.1, -0.05) is 46.7 Å². The van der Waals surface area contributed by atoms with E-state index in [0.717, 1.165) is 16.0 Å². The van der Waals surface area contributed by atoms with E-state index in [1.54, 1.807) is 19.2 Å². The fourth-order valence-corrected chi connectivity index (χ4v) is 3.53. The Hall–Kier alpha value is -1.82. The maximum atomic E-state index is 12.1. The van der Waals surface area contributed by atoms with E-state index in [-0.39, 0.29) is 12.3 Å².